The van der Waals surface area contributed by atoms with E-state index in [-0.39, 0.29) is 31.6 Å². The highest BCUT2D eigenvalue weighted by Crippen LogP contribution is 2.43. The van der Waals surface area contributed by atoms with E-state index in [0.29, 0.717) is 0 Å². The van der Waals surface area contributed by atoms with Crippen LogP contribution in [0.5, 0.6) is 0 Å². The molecule has 0 radical (unpaired) electrons. The van der Waals surface area contributed by atoms with Gasteiger partial charge in [-0.2, -0.15) is 18.3 Å². The molecule has 18 heavy (non-hydrogen) atoms. The number of ether oxygens (including phenoxy) is 1. The number of carbonyl (C=O) groups is 1. The van der Waals surface area contributed by atoms with E-state index >= 15 is 0 Å². The van der Waals surface area contributed by atoms with Crippen molar-refractivity contribution in [2.45, 2.75) is 24.6 Å². The summed E-state index contributed by atoms with van der Waals surface area (Å²) < 4.78 is 45.5. The molecule has 0 atom stereocenters. The predicted molar refractivity (Wildman–Crippen MR) is 54.8 cm³/mol. The summed E-state index contributed by atoms with van der Waals surface area (Å²) in [5.74, 6) is -0.800. The van der Waals surface area contributed by atoms with Crippen molar-refractivity contribution in [3.05, 3.63) is 18.0 Å². The molecule has 1 fully saturated rings. The molecule has 100 valence electrons. The standard InChI is InChI=1S/C10H12F3N3O2/c11-10(12,13)9(1-3-18-4-2-9)16-6-7(5-15-16)8(14)17/h5-6H,1-4H2,(H2,14,17). The Balaban J connectivity index is 2.42. The molecule has 0 spiro atoms. The van der Waals surface area contributed by atoms with Gasteiger partial charge in [-0.3, -0.25) is 9.48 Å². The molecule has 1 aromatic rings. The molecule has 1 saturated heterocycles. The molecule has 0 aliphatic carbocycles. The molecule has 1 aliphatic heterocycles. The molecule has 1 amide bonds. The van der Waals surface area contributed by atoms with Crippen LogP contribution in [0.3, 0.4) is 0 Å². The third kappa shape index (κ3) is 1.96. The van der Waals surface area contributed by atoms with Crippen LogP contribution in [0.4, 0.5) is 13.2 Å². The van der Waals surface area contributed by atoms with E-state index in [1.807, 2.05) is 0 Å². The number of amides is 1. The van der Waals surface area contributed by atoms with E-state index in [4.69, 9.17) is 10.5 Å². The Morgan fingerprint density at radius 3 is 2.50 bits per heavy atom. The first-order chi connectivity index (χ1) is 8.37. The minimum absolute atomic E-state index is 0.00523. The largest absolute Gasteiger partial charge is 0.413 e. The Labute approximate surface area is 101 Å². The van der Waals surface area contributed by atoms with Crippen LogP contribution < -0.4 is 5.73 Å². The normalized spacial score (nSPS) is 19.7. The first-order valence-corrected chi connectivity index (χ1v) is 5.36. The highest BCUT2D eigenvalue weighted by atomic mass is 19.4. The van der Waals surface area contributed by atoms with Gasteiger partial charge < -0.3 is 10.5 Å². The third-order valence-corrected chi connectivity index (χ3v) is 3.15. The van der Waals surface area contributed by atoms with Gasteiger partial charge in [0.05, 0.1) is 11.8 Å². The molecular formula is C10H12F3N3O2. The van der Waals surface area contributed by atoms with Crippen LogP contribution in [-0.2, 0) is 10.3 Å². The zero-order valence-corrected chi connectivity index (χ0v) is 9.41. The van der Waals surface area contributed by atoms with E-state index < -0.39 is 17.6 Å². The molecule has 8 heteroatoms. The summed E-state index contributed by atoms with van der Waals surface area (Å²) in [5, 5.41) is 3.64. The van der Waals surface area contributed by atoms with Gasteiger partial charge in [-0.05, 0) is 0 Å². The maximum atomic E-state index is 13.3. The first kappa shape index (κ1) is 12.9. The molecule has 0 saturated carbocycles. The summed E-state index contributed by atoms with van der Waals surface area (Å²) in [6.45, 7) is 0.0105. The second kappa shape index (κ2) is 4.27. The summed E-state index contributed by atoms with van der Waals surface area (Å²) in [4.78, 5) is 10.9. The van der Waals surface area contributed by atoms with Crippen molar-refractivity contribution in [3.8, 4) is 0 Å². The van der Waals surface area contributed by atoms with Crippen LogP contribution in [0.2, 0.25) is 0 Å². The number of rotatable bonds is 2. The Bertz CT molecular complexity index is 449. The van der Waals surface area contributed by atoms with E-state index in [1.165, 1.54) is 0 Å². The fourth-order valence-corrected chi connectivity index (χ4v) is 2.04. The molecule has 5 nitrogen and oxygen atoms in total. The summed E-state index contributed by atoms with van der Waals surface area (Å²) >= 11 is 0. The fourth-order valence-electron chi connectivity index (χ4n) is 2.04. The van der Waals surface area contributed by atoms with Gasteiger partial charge in [0.15, 0.2) is 5.54 Å². The SMILES string of the molecule is NC(=O)c1cnn(C2(C(F)(F)F)CCOCC2)c1. The Morgan fingerprint density at radius 2 is 2.06 bits per heavy atom. The van der Waals surface area contributed by atoms with E-state index in [1.54, 1.807) is 0 Å². The first-order valence-electron chi connectivity index (χ1n) is 5.36. The fraction of sp³-hybridized carbons (Fsp3) is 0.600. The van der Waals surface area contributed by atoms with Gasteiger partial charge in [-0.1, -0.05) is 0 Å². The van der Waals surface area contributed by atoms with Crippen LogP contribution in [0.1, 0.15) is 23.2 Å². The quantitative estimate of drug-likeness (QED) is 0.867. The van der Waals surface area contributed by atoms with Crippen molar-refractivity contribution in [1.82, 2.24) is 9.78 Å². The summed E-state index contributed by atoms with van der Waals surface area (Å²) in [5.41, 5.74) is 2.86. The molecule has 0 unspecified atom stereocenters. The molecule has 2 rings (SSSR count). The lowest BCUT2D eigenvalue weighted by Crippen LogP contribution is -2.51. The topological polar surface area (TPSA) is 70.1 Å². The average molecular weight is 263 g/mol. The number of alkyl halides is 3. The van der Waals surface area contributed by atoms with Crippen molar-refractivity contribution in [3.63, 3.8) is 0 Å². The average Bonchev–Trinajstić information content (AvgIpc) is 2.78. The van der Waals surface area contributed by atoms with Crippen molar-refractivity contribution >= 4 is 5.91 Å². The molecular weight excluding hydrogens is 251 g/mol. The Morgan fingerprint density at radius 1 is 1.44 bits per heavy atom. The second-order valence-corrected chi connectivity index (χ2v) is 4.18. The van der Waals surface area contributed by atoms with E-state index in [9.17, 15) is 18.0 Å². The van der Waals surface area contributed by atoms with Crippen molar-refractivity contribution in [2.24, 2.45) is 5.73 Å². The maximum Gasteiger partial charge on any atom is 0.413 e. The van der Waals surface area contributed by atoms with Crippen LogP contribution >= 0.6 is 0 Å². The Kier molecular flexibility index (Phi) is 3.05. The van der Waals surface area contributed by atoms with Crippen molar-refractivity contribution in [2.75, 3.05) is 13.2 Å². The van der Waals surface area contributed by atoms with Gasteiger partial charge in [0.25, 0.3) is 5.91 Å². The van der Waals surface area contributed by atoms with Crippen LogP contribution in [0.25, 0.3) is 0 Å². The number of hydrogen-bond acceptors (Lipinski definition) is 3. The lowest BCUT2D eigenvalue weighted by molar-refractivity contribution is -0.239. The number of primary amides is 1. The molecule has 0 aromatic carbocycles. The molecule has 1 aromatic heterocycles. The predicted octanol–water partition coefficient (Wildman–Crippen LogP) is 1.05. The van der Waals surface area contributed by atoms with Gasteiger partial charge in [0.2, 0.25) is 0 Å². The van der Waals surface area contributed by atoms with Gasteiger partial charge in [-0.25, -0.2) is 0 Å². The molecule has 0 bridgehead atoms. The monoisotopic (exact) mass is 263 g/mol. The van der Waals surface area contributed by atoms with Crippen LogP contribution in [-0.4, -0.2) is 35.1 Å². The molecule has 2 heterocycles. The number of carbonyl (C=O) groups excluding carboxylic acids is 1. The lowest BCUT2D eigenvalue weighted by Gasteiger charge is -2.38. The number of nitrogens with two attached hydrogens (primary N) is 1. The zero-order valence-electron chi connectivity index (χ0n) is 9.41. The Hall–Kier alpha value is -1.57. The zero-order chi connectivity index (χ0) is 13.4. The minimum Gasteiger partial charge on any atom is -0.381 e. The highest BCUT2D eigenvalue weighted by Gasteiger charge is 2.57. The second-order valence-electron chi connectivity index (χ2n) is 4.18. The van der Waals surface area contributed by atoms with Gasteiger partial charge in [0.1, 0.15) is 0 Å². The number of aromatic nitrogens is 2. The van der Waals surface area contributed by atoms with Crippen molar-refractivity contribution < 1.29 is 22.7 Å². The van der Waals surface area contributed by atoms with Gasteiger partial charge in [-0.15, -0.1) is 0 Å². The van der Waals surface area contributed by atoms with E-state index in [0.717, 1.165) is 17.1 Å². The maximum absolute atomic E-state index is 13.3. The molecule has 1 aliphatic rings. The number of nitrogens with zero attached hydrogens (tertiary/aromatic N) is 2. The van der Waals surface area contributed by atoms with Gasteiger partial charge >= 0.3 is 6.18 Å². The summed E-state index contributed by atoms with van der Waals surface area (Å²) in [6.07, 6.45) is -2.82. The van der Waals surface area contributed by atoms with Crippen LogP contribution in [0.15, 0.2) is 12.4 Å². The lowest BCUT2D eigenvalue weighted by atomic mass is 9.89. The van der Waals surface area contributed by atoms with Gasteiger partial charge in [0, 0.05) is 32.3 Å². The third-order valence-electron chi connectivity index (χ3n) is 3.15. The van der Waals surface area contributed by atoms with Crippen molar-refractivity contribution in [1.29, 1.82) is 0 Å². The number of hydrogen-bond donors (Lipinski definition) is 1. The molecule has 2 N–H and O–H groups in total. The smallest absolute Gasteiger partial charge is 0.381 e. The summed E-state index contributed by atoms with van der Waals surface area (Å²) in [7, 11) is 0. The number of halogens is 3. The summed E-state index contributed by atoms with van der Waals surface area (Å²) in [6, 6.07) is 0. The van der Waals surface area contributed by atoms with Crippen LogP contribution in [0, 0.1) is 0 Å². The van der Waals surface area contributed by atoms with E-state index in [2.05, 4.69) is 5.10 Å². The minimum atomic E-state index is -4.46. The highest BCUT2D eigenvalue weighted by molar-refractivity contribution is 5.92.